The Morgan fingerprint density at radius 3 is 2.12 bits per heavy atom. The van der Waals surface area contributed by atoms with Crippen molar-refractivity contribution in [3.63, 3.8) is 0 Å². The number of amides is 3. The quantitative estimate of drug-likeness (QED) is 0.417. The second-order valence-corrected chi connectivity index (χ2v) is 13.6. The van der Waals surface area contributed by atoms with Crippen molar-refractivity contribution in [1.29, 1.82) is 0 Å². The predicted molar refractivity (Wildman–Crippen MR) is 146 cm³/mol. The summed E-state index contributed by atoms with van der Waals surface area (Å²) in [6, 6.07) is -2.48. The van der Waals surface area contributed by atoms with Crippen LogP contribution < -0.4 is 0 Å². The van der Waals surface area contributed by atoms with Crippen molar-refractivity contribution in [2.75, 3.05) is 33.4 Å². The molecule has 244 valence electrons. The van der Waals surface area contributed by atoms with Gasteiger partial charge in [-0.15, -0.1) is 0 Å². The molecule has 3 amide bonds. The maximum Gasteiger partial charge on any atom is 0.471 e. The molecule has 4 rings (SSSR count). The SMILES string of the molecule is COC1COCCC1N(C(=O)C(F)(F)F)C1CCC(C(=O)N2CC3CC2CN3C(=O)OC(C)(C)C)(C(C)(C)OC(C)=O)C1. The number of fused-ring (bicyclic) bond motifs is 2. The number of hydrogen-bond acceptors (Lipinski definition) is 8. The second-order valence-electron chi connectivity index (χ2n) is 13.6. The Labute approximate surface area is 250 Å². The summed E-state index contributed by atoms with van der Waals surface area (Å²) in [6.07, 6.45) is -5.65. The highest BCUT2D eigenvalue weighted by Gasteiger charge is 2.63. The molecule has 2 bridgehead atoms. The van der Waals surface area contributed by atoms with E-state index >= 15 is 0 Å². The lowest BCUT2D eigenvalue weighted by Gasteiger charge is -2.47. The first-order valence-electron chi connectivity index (χ1n) is 14.8. The number of likely N-dealkylation sites (tertiary alicyclic amines) is 2. The van der Waals surface area contributed by atoms with Gasteiger partial charge in [-0.05, 0) is 66.7 Å². The zero-order chi connectivity index (χ0) is 32.1. The summed E-state index contributed by atoms with van der Waals surface area (Å²) >= 11 is 0. The third-order valence-corrected chi connectivity index (χ3v) is 9.38. The molecule has 43 heavy (non-hydrogen) atoms. The van der Waals surface area contributed by atoms with E-state index in [2.05, 4.69) is 0 Å². The molecule has 1 aliphatic carbocycles. The minimum atomic E-state index is -5.14. The van der Waals surface area contributed by atoms with Crippen molar-refractivity contribution < 1.29 is 51.3 Å². The molecule has 0 aromatic carbocycles. The standard InChI is InChI=1S/C29H44F3N3O8/c1-17(36)42-27(5,6)28(23(37)33-14-20-12-19(33)15-34(20)25(39)43-26(2,3)4)10-8-18(13-28)35(24(38)29(30,31)32)21-9-11-41-16-22(21)40-7/h18-22H,8-16H2,1-7H3. The van der Waals surface area contributed by atoms with Gasteiger partial charge in [-0.3, -0.25) is 14.4 Å². The maximum absolute atomic E-state index is 14.6. The fraction of sp³-hybridized carbons (Fsp3) is 0.862. The van der Waals surface area contributed by atoms with E-state index < -0.39 is 59.0 Å². The van der Waals surface area contributed by atoms with Crippen LogP contribution in [-0.4, -0.2) is 120 Å². The van der Waals surface area contributed by atoms with E-state index in [1.807, 2.05) is 0 Å². The summed E-state index contributed by atoms with van der Waals surface area (Å²) in [6.45, 7) is 10.4. The van der Waals surface area contributed by atoms with E-state index in [4.69, 9.17) is 18.9 Å². The molecule has 0 aromatic rings. The highest BCUT2D eigenvalue weighted by atomic mass is 19.4. The van der Waals surface area contributed by atoms with Gasteiger partial charge in [-0.25, -0.2) is 4.79 Å². The van der Waals surface area contributed by atoms with Gasteiger partial charge in [-0.2, -0.15) is 13.2 Å². The first kappa shape index (κ1) is 33.3. The van der Waals surface area contributed by atoms with Gasteiger partial charge in [0.25, 0.3) is 0 Å². The number of nitrogens with zero attached hydrogens (tertiary/aromatic N) is 3. The van der Waals surface area contributed by atoms with Gasteiger partial charge in [-0.1, -0.05) is 0 Å². The normalized spacial score (nSPS) is 31.3. The first-order chi connectivity index (χ1) is 19.8. The molecular formula is C29H44F3N3O8. The largest absolute Gasteiger partial charge is 0.471 e. The molecule has 14 heteroatoms. The Morgan fingerprint density at radius 1 is 0.953 bits per heavy atom. The highest BCUT2D eigenvalue weighted by Crippen LogP contribution is 2.53. The number of ether oxygens (including phenoxy) is 4. The van der Waals surface area contributed by atoms with Crippen LogP contribution in [0.3, 0.4) is 0 Å². The summed E-state index contributed by atoms with van der Waals surface area (Å²) in [5.41, 5.74) is -3.50. The van der Waals surface area contributed by atoms with E-state index in [0.29, 0.717) is 6.42 Å². The monoisotopic (exact) mass is 619 g/mol. The Kier molecular flexibility index (Phi) is 9.07. The number of alkyl halides is 3. The average molecular weight is 620 g/mol. The van der Waals surface area contributed by atoms with E-state index in [-0.39, 0.29) is 70.0 Å². The summed E-state index contributed by atoms with van der Waals surface area (Å²) < 4.78 is 64.1. The molecule has 0 N–H and O–H groups in total. The molecule has 6 unspecified atom stereocenters. The van der Waals surface area contributed by atoms with Gasteiger partial charge < -0.3 is 33.6 Å². The zero-order valence-corrected chi connectivity index (χ0v) is 26.0. The van der Waals surface area contributed by atoms with Crippen LogP contribution >= 0.6 is 0 Å². The second kappa shape index (κ2) is 11.7. The van der Waals surface area contributed by atoms with Gasteiger partial charge in [0, 0.05) is 39.8 Å². The van der Waals surface area contributed by atoms with Gasteiger partial charge in [0.15, 0.2) is 0 Å². The molecular weight excluding hydrogens is 575 g/mol. The third kappa shape index (κ3) is 6.45. The van der Waals surface area contributed by atoms with Crippen LogP contribution in [0, 0.1) is 5.41 Å². The van der Waals surface area contributed by atoms with E-state index in [1.54, 1.807) is 44.4 Å². The molecule has 0 aromatic heterocycles. The highest BCUT2D eigenvalue weighted by molar-refractivity contribution is 5.87. The van der Waals surface area contributed by atoms with Crippen molar-refractivity contribution in [2.45, 2.75) is 121 Å². The summed E-state index contributed by atoms with van der Waals surface area (Å²) in [5, 5.41) is 0. The molecule has 4 aliphatic rings. The smallest absolute Gasteiger partial charge is 0.459 e. The number of piperazine rings is 1. The number of esters is 1. The number of hydrogen-bond donors (Lipinski definition) is 0. The fourth-order valence-electron chi connectivity index (χ4n) is 7.42. The Balaban J connectivity index is 1.65. The number of halogens is 3. The molecule has 1 saturated carbocycles. The lowest BCUT2D eigenvalue weighted by molar-refractivity contribution is -0.198. The van der Waals surface area contributed by atoms with Crippen molar-refractivity contribution in [2.24, 2.45) is 5.41 Å². The van der Waals surface area contributed by atoms with E-state index in [9.17, 15) is 32.3 Å². The lowest BCUT2D eigenvalue weighted by Crippen LogP contribution is -2.61. The molecule has 6 atom stereocenters. The number of carbonyl (C=O) groups excluding carboxylic acids is 4. The van der Waals surface area contributed by atoms with Crippen LogP contribution in [0.1, 0.15) is 73.6 Å². The lowest BCUT2D eigenvalue weighted by atomic mass is 9.70. The molecule has 0 spiro atoms. The summed E-state index contributed by atoms with van der Waals surface area (Å²) in [5.74, 6) is -2.98. The van der Waals surface area contributed by atoms with Crippen LogP contribution in [0.5, 0.6) is 0 Å². The Bertz CT molecular complexity index is 1110. The van der Waals surface area contributed by atoms with Gasteiger partial charge >= 0.3 is 24.1 Å². The minimum Gasteiger partial charge on any atom is -0.459 e. The molecule has 4 fully saturated rings. The van der Waals surface area contributed by atoms with Crippen molar-refractivity contribution in [3.05, 3.63) is 0 Å². The van der Waals surface area contributed by atoms with Crippen LogP contribution in [0.4, 0.5) is 18.0 Å². The summed E-state index contributed by atoms with van der Waals surface area (Å²) in [7, 11) is 1.36. The van der Waals surface area contributed by atoms with Crippen LogP contribution in [0.25, 0.3) is 0 Å². The van der Waals surface area contributed by atoms with Crippen LogP contribution in [0.2, 0.25) is 0 Å². The number of rotatable bonds is 6. The van der Waals surface area contributed by atoms with Crippen molar-refractivity contribution in [3.8, 4) is 0 Å². The van der Waals surface area contributed by atoms with Crippen molar-refractivity contribution in [1.82, 2.24) is 14.7 Å². The van der Waals surface area contributed by atoms with Crippen LogP contribution in [-0.2, 0) is 33.3 Å². The summed E-state index contributed by atoms with van der Waals surface area (Å²) in [4.78, 5) is 56.6. The molecule has 3 aliphatic heterocycles. The average Bonchev–Trinajstić information content (AvgIpc) is 3.62. The molecule has 11 nitrogen and oxygen atoms in total. The Morgan fingerprint density at radius 2 is 1.58 bits per heavy atom. The number of carbonyl (C=O) groups is 4. The fourth-order valence-corrected chi connectivity index (χ4v) is 7.42. The van der Waals surface area contributed by atoms with Gasteiger partial charge in [0.1, 0.15) is 17.3 Å². The topological polar surface area (TPSA) is 115 Å². The van der Waals surface area contributed by atoms with Crippen molar-refractivity contribution >= 4 is 23.9 Å². The minimum absolute atomic E-state index is 0.0313. The van der Waals surface area contributed by atoms with Gasteiger partial charge in [0.2, 0.25) is 5.91 Å². The van der Waals surface area contributed by atoms with E-state index in [0.717, 1.165) is 4.90 Å². The molecule has 0 radical (unpaired) electrons. The maximum atomic E-state index is 14.6. The first-order valence-corrected chi connectivity index (χ1v) is 14.8. The Hall–Kier alpha value is -2.61. The van der Waals surface area contributed by atoms with Gasteiger partial charge in [0.05, 0.1) is 30.1 Å². The van der Waals surface area contributed by atoms with E-state index in [1.165, 1.54) is 14.0 Å². The number of methoxy groups -OCH3 is 1. The predicted octanol–water partition coefficient (Wildman–Crippen LogP) is 3.28. The van der Waals surface area contributed by atoms with Crippen LogP contribution in [0.15, 0.2) is 0 Å². The zero-order valence-electron chi connectivity index (χ0n) is 26.0. The third-order valence-electron chi connectivity index (χ3n) is 9.38. The molecule has 3 heterocycles. The molecule has 3 saturated heterocycles.